The topological polar surface area (TPSA) is 49.0 Å². The minimum absolute atomic E-state index is 0.285. The van der Waals surface area contributed by atoms with Crippen LogP contribution < -0.4 is 0 Å². The number of hydrogen-bond acceptors (Lipinski definition) is 2. The van der Waals surface area contributed by atoms with E-state index >= 15 is 0 Å². The van der Waals surface area contributed by atoms with Crippen molar-refractivity contribution in [3.63, 3.8) is 0 Å². The Morgan fingerprint density at radius 3 is 2.65 bits per heavy atom. The highest BCUT2D eigenvalue weighted by Crippen LogP contribution is 2.29. The number of imidazole rings is 1. The lowest BCUT2D eigenvalue weighted by Gasteiger charge is -2.34. The predicted octanol–water partition coefficient (Wildman–Crippen LogP) is 3.09. The van der Waals surface area contributed by atoms with E-state index in [4.69, 9.17) is 0 Å². The van der Waals surface area contributed by atoms with Gasteiger partial charge in [0.15, 0.2) is 0 Å². The van der Waals surface area contributed by atoms with Crippen LogP contribution in [0.1, 0.15) is 63.1 Å². The lowest BCUT2D eigenvalue weighted by molar-refractivity contribution is -0.137. The molecule has 1 aliphatic carbocycles. The Morgan fingerprint density at radius 2 is 1.95 bits per heavy atom. The zero-order valence-corrected chi connectivity index (χ0v) is 12.2. The van der Waals surface area contributed by atoms with Crippen LogP contribution in [0.15, 0.2) is 12.4 Å². The summed E-state index contributed by atoms with van der Waals surface area (Å²) in [5, 5.41) is 0. The molecule has 1 aromatic rings. The highest BCUT2D eigenvalue weighted by molar-refractivity contribution is 5.79. The van der Waals surface area contributed by atoms with Crippen LogP contribution in [0, 0.1) is 5.92 Å². The van der Waals surface area contributed by atoms with E-state index in [1.165, 1.54) is 25.7 Å². The normalized spacial score (nSPS) is 25.4. The van der Waals surface area contributed by atoms with Gasteiger partial charge in [-0.25, -0.2) is 4.98 Å². The number of H-pyrrole nitrogens is 1. The number of aromatic amines is 1. The minimum atomic E-state index is 0.285. The quantitative estimate of drug-likeness (QED) is 0.843. The number of aromatic nitrogens is 2. The third-order valence-electron chi connectivity index (χ3n) is 4.84. The summed E-state index contributed by atoms with van der Waals surface area (Å²) in [6.45, 7) is 1.79. The highest BCUT2D eigenvalue weighted by atomic mass is 16.2. The average molecular weight is 275 g/mol. The maximum Gasteiger partial charge on any atom is 0.225 e. The molecule has 1 saturated heterocycles. The van der Waals surface area contributed by atoms with Crippen LogP contribution >= 0.6 is 0 Å². The molecule has 0 bridgehead atoms. The summed E-state index contributed by atoms with van der Waals surface area (Å²) in [4.78, 5) is 22.4. The molecular weight excluding hydrogens is 250 g/mol. The molecule has 20 heavy (non-hydrogen) atoms. The summed E-state index contributed by atoms with van der Waals surface area (Å²) >= 11 is 0. The lowest BCUT2D eigenvalue weighted by Crippen LogP contribution is -2.42. The molecule has 0 radical (unpaired) electrons. The molecule has 2 heterocycles. The number of nitrogens with one attached hydrogen (secondary N) is 1. The SMILES string of the molecule is O=C(C1CCCCCC1)N1CCC[C@@H](c2ncc[nH]2)C1. The average Bonchev–Trinajstić information content (AvgIpc) is 2.89. The molecule has 1 aliphatic heterocycles. The number of likely N-dealkylation sites (tertiary alicyclic amines) is 1. The third-order valence-corrected chi connectivity index (χ3v) is 4.84. The number of hydrogen-bond donors (Lipinski definition) is 1. The van der Waals surface area contributed by atoms with Gasteiger partial charge in [0.2, 0.25) is 5.91 Å². The second kappa shape index (κ2) is 6.42. The van der Waals surface area contributed by atoms with Crippen LogP contribution in [0.25, 0.3) is 0 Å². The molecule has 2 aliphatic rings. The summed E-state index contributed by atoms with van der Waals surface area (Å²) in [6.07, 6.45) is 13.2. The Morgan fingerprint density at radius 1 is 1.15 bits per heavy atom. The molecule has 0 unspecified atom stereocenters. The van der Waals surface area contributed by atoms with E-state index in [1.54, 1.807) is 6.20 Å². The fourth-order valence-electron chi connectivity index (χ4n) is 3.69. The summed E-state index contributed by atoms with van der Waals surface area (Å²) in [5.74, 6) is 2.13. The fourth-order valence-corrected chi connectivity index (χ4v) is 3.69. The predicted molar refractivity (Wildman–Crippen MR) is 78.3 cm³/mol. The standard InChI is InChI=1S/C16H25N3O/c20-16(13-6-3-1-2-4-7-13)19-11-5-8-14(12-19)15-17-9-10-18-15/h9-10,13-14H,1-8,11-12H2,(H,17,18)/t14-/m1/s1. The summed E-state index contributed by atoms with van der Waals surface area (Å²) in [7, 11) is 0. The van der Waals surface area contributed by atoms with Gasteiger partial charge in [0, 0.05) is 37.3 Å². The van der Waals surface area contributed by atoms with E-state index in [2.05, 4.69) is 14.9 Å². The summed E-state index contributed by atoms with van der Waals surface area (Å²) < 4.78 is 0. The molecule has 4 nitrogen and oxygen atoms in total. The van der Waals surface area contributed by atoms with E-state index in [0.717, 1.165) is 44.6 Å². The molecule has 110 valence electrons. The Bertz CT molecular complexity index is 421. The molecule has 1 N–H and O–H groups in total. The van der Waals surface area contributed by atoms with Crippen LogP contribution in [0.3, 0.4) is 0 Å². The van der Waals surface area contributed by atoms with Gasteiger partial charge >= 0.3 is 0 Å². The molecule has 1 amide bonds. The minimum Gasteiger partial charge on any atom is -0.348 e. The van der Waals surface area contributed by atoms with Crippen molar-refractivity contribution >= 4 is 5.91 Å². The van der Waals surface area contributed by atoms with Gasteiger partial charge in [-0.05, 0) is 25.7 Å². The van der Waals surface area contributed by atoms with Crippen LogP contribution in [0.2, 0.25) is 0 Å². The van der Waals surface area contributed by atoms with Gasteiger partial charge in [-0.2, -0.15) is 0 Å². The van der Waals surface area contributed by atoms with Crippen molar-refractivity contribution in [2.75, 3.05) is 13.1 Å². The number of carbonyl (C=O) groups is 1. The van der Waals surface area contributed by atoms with Crippen molar-refractivity contribution in [3.05, 3.63) is 18.2 Å². The molecule has 2 fully saturated rings. The molecule has 0 spiro atoms. The van der Waals surface area contributed by atoms with E-state index in [1.807, 2.05) is 6.20 Å². The molecule has 4 heteroatoms. The van der Waals surface area contributed by atoms with Crippen molar-refractivity contribution in [3.8, 4) is 0 Å². The highest BCUT2D eigenvalue weighted by Gasteiger charge is 2.30. The number of piperidine rings is 1. The van der Waals surface area contributed by atoms with E-state index in [9.17, 15) is 4.79 Å². The van der Waals surface area contributed by atoms with Gasteiger partial charge in [-0.3, -0.25) is 4.79 Å². The Balaban J connectivity index is 1.62. The van der Waals surface area contributed by atoms with Crippen molar-refractivity contribution < 1.29 is 4.79 Å². The van der Waals surface area contributed by atoms with E-state index in [0.29, 0.717) is 11.8 Å². The van der Waals surface area contributed by atoms with E-state index in [-0.39, 0.29) is 5.92 Å². The molecule has 0 aromatic carbocycles. The van der Waals surface area contributed by atoms with E-state index < -0.39 is 0 Å². The number of amides is 1. The first-order chi connectivity index (χ1) is 9.84. The number of rotatable bonds is 2. The van der Waals surface area contributed by atoms with Crippen molar-refractivity contribution in [2.45, 2.75) is 57.3 Å². The monoisotopic (exact) mass is 275 g/mol. The molecule has 1 aromatic heterocycles. The molecule has 1 saturated carbocycles. The van der Waals surface area contributed by atoms with Gasteiger partial charge in [-0.1, -0.05) is 25.7 Å². The van der Waals surface area contributed by atoms with Crippen LogP contribution in [-0.4, -0.2) is 33.9 Å². The van der Waals surface area contributed by atoms with Crippen LogP contribution in [-0.2, 0) is 4.79 Å². The van der Waals surface area contributed by atoms with Crippen LogP contribution in [0.5, 0.6) is 0 Å². The van der Waals surface area contributed by atoms with Gasteiger partial charge in [-0.15, -0.1) is 0 Å². The molecule has 3 rings (SSSR count). The Hall–Kier alpha value is -1.32. The van der Waals surface area contributed by atoms with Crippen molar-refractivity contribution in [2.24, 2.45) is 5.92 Å². The van der Waals surface area contributed by atoms with Gasteiger partial charge in [0.25, 0.3) is 0 Å². The zero-order valence-electron chi connectivity index (χ0n) is 12.2. The van der Waals surface area contributed by atoms with Crippen molar-refractivity contribution in [1.29, 1.82) is 0 Å². The molecule has 1 atom stereocenters. The summed E-state index contributed by atoms with van der Waals surface area (Å²) in [6, 6.07) is 0. The van der Waals surface area contributed by atoms with Crippen molar-refractivity contribution in [1.82, 2.24) is 14.9 Å². The smallest absolute Gasteiger partial charge is 0.225 e. The Kier molecular flexibility index (Phi) is 4.38. The lowest BCUT2D eigenvalue weighted by atomic mass is 9.93. The van der Waals surface area contributed by atoms with Crippen LogP contribution in [0.4, 0.5) is 0 Å². The largest absolute Gasteiger partial charge is 0.348 e. The first-order valence-electron chi connectivity index (χ1n) is 8.12. The number of carbonyl (C=O) groups excluding carboxylic acids is 1. The zero-order chi connectivity index (χ0) is 13.8. The Labute approximate surface area is 121 Å². The first-order valence-corrected chi connectivity index (χ1v) is 8.12. The van der Waals surface area contributed by atoms with Gasteiger partial charge in [0.1, 0.15) is 5.82 Å². The maximum absolute atomic E-state index is 12.7. The van der Waals surface area contributed by atoms with Gasteiger partial charge < -0.3 is 9.88 Å². The second-order valence-electron chi connectivity index (χ2n) is 6.29. The van der Waals surface area contributed by atoms with Gasteiger partial charge in [0.05, 0.1) is 0 Å². The molecular formula is C16H25N3O. The first kappa shape index (κ1) is 13.7. The third kappa shape index (κ3) is 3.05. The fraction of sp³-hybridized carbons (Fsp3) is 0.750. The maximum atomic E-state index is 12.7. The number of nitrogens with zero attached hydrogens (tertiary/aromatic N) is 2. The second-order valence-corrected chi connectivity index (χ2v) is 6.29. The summed E-state index contributed by atoms with van der Waals surface area (Å²) in [5.41, 5.74) is 0.